The molecule has 2 aliphatic heterocycles. The van der Waals surface area contributed by atoms with Crippen molar-refractivity contribution in [1.82, 2.24) is 14.5 Å². The number of nitrogens with zero attached hydrogens (tertiary/aromatic N) is 3. The topological polar surface area (TPSA) is 122 Å². The number of hydrogen-bond acceptors (Lipinski definition) is 9. The van der Waals surface area contributed by atoms with E-state index in [1.165, 1.54) is 11.7 Å². The van der Waals surface area contributed by atoms with Crippen LogP contribution in [-0.4, -0.2) is 76.8 Å². The van der Waals surface area contributed by atoms with Crippen LogP contribution in [0.25, 0.3) is 33.5 Å². The molecule has 38 heavy (non-hydrogen) atoms. The van der Waals surface area contributed by atoms with Gasteiger partial charge in [0, 0.05) is 5.56 Å². The number of fused-ring (bicyclic) bond motifs is 2. The van der Waals surface area contributed by atoms with Crippen molar-refractivity contribution in [2.24, 2.45) is 0 Å². The van der Waals surface area contributed by atoms with Gasteiger partial charge in [0.05, 0.1) is 42.1 Å². The molecule has 10 nitrogen and oxygen atoms in total. The molecule has 0 unspecified atom stereocenters. The van der Waals surface area contributed by atoms with Crippen LogP contribution in [-0.2, 0) is 19.0 Å². The maximum absolute atomic E-state index is 11.9. The summed E-state index contributed by atoms with van der Waals surface area (Å²) in [5.74, 6) is -0.389. The highest BCUT2D eigenvalue weighted by Gasteiger charge is 2.48. The minimum absolute atomic E-state index is 0.0423. The molecule has 1 N–H and O–H groups in total. The second-order valence-electron chi connectivity index (χ2n) is 9.00. The van der Waals surface area contributed by atoms with E-state index in [9.17, 15) is 14.7 Å². The quantitative estimate of drug-likeness (QED) is 0.293. The zero-order valence-corrected chi connectivity index (χ0v) is 20.9. The van der Waals surface area contributed by atoms with E-state index in [1.807, 2.05) is 36.4 Å². The first-order chi connectivity index (χ1) is 18.5. The number of methoxy groups -OCH3 is 1. The summed E-state index contributed by atoms with van der Waals surface area (Å²) in [6, 6.07) is 16.4. The third-order valence-electron chi connectivity index (χ3n) is 6.75. The number of pyridine rings is 1. The normalized spacial score (nSPS) is 22.4. The van der Waals surface area contributed by atoms with Gasteiger partial charge in [-0.1, -0.05) is 48.0 Å². The Bertz CT molecular complexity index is 1520. The number of hydrogen-bond donors (Lipinski definition) is 1. The van der Waals surface area contributed by atoms with Crippen molar-refractivity contribution >= 4 is 35.1 Å². The first-order valence-corrected chi connectivity index (χ1v) is 12.3. The van der Waals surface area contributed by atoms with E-state index in [0.717, 1.165) is 16.7 Å². The molecule has 0 radical (unpaired) electrons. The lowest BCUT2D eigenvalue weighted by atomic mass is 10.0. The Morgan fingerprint density at radius 3 is 2.37 bits per heavy atom. The molecule has 2 saturated heterocycles. The molecule has 0 amide bonds. The average Bonchev–Trinajstić information content (AvgIpc) is 3.62. The van der Waals surface area contributed by atoms with E-state index >= 15 is 0 Å². The van der Waals surface area contributed by atoms with E-state index in [4.69, 9.17) is 30.5 Å². The molecule has 4 heterocycles. The molecule has 0 aliphatic carbocycles. The summed E-state index contributed by atoms with van der Waals surface area (Å²) in [5, 5.41) is 10.3. The fourth-order valence-electron chi connectivity index (χ4n) is 4.78. The van der Waals surface area contributed by atoms with Gasteiger partial charge < -0.3 is 24.1 Å². The molecule has 0 spiro atoms. The summed E-state index contributed by atoms with van der Waals surface area (Å²) in [7, 11) is 1.35. The summed E-state index contributed by atoms with van der Waals surface area (Å²) in [6.45, 7) is 0.364. The molecular weight excluding hydrogens is 514 g/mol. The molecule has 2 fully saturated rings. The van der Waals surface area contributed by atoms with E-state index in [1.54, 1.807) is 18.2 Å². The van der Waals surface area contributed by atoms with Crippen LogP contribution in [0.4, 0.5) is 0 Å². The molecule has 6 rings (SSSR count). The van der Waals surface area contributed by atoms with Crippen molar-refractivity contribution < 1.29 is 33.6 Å². The number of carbonyl (C=O) groups excluding carboxylic acids is 2. The van der Waals surface area contributed by atoms with Crippen LogP contribution in [0, 0.1) is 0 Å². The monoisotopic (exact) mass is 535 g/mol. The number of ether oxygens (including phenoxy) is 4. The second kappa shape index (κ2) is 9.80. The van der Waals surface area contributed by atoms with Crippen LogP contribution >= 0.6 is 11.6 Å². The largest absolute Gasteiger partial charge is 0.465 e. The van der Waals surface area contributed by atoms with Crippen molar-refractivity contribution in [3.8, 4) is 28.4 Å². The van der Waals surface area contributed by atoms with Crippen molar-refractivity contribution in [1.29, 1.82) is 0 Å². The van der Waals surface area contributed by atoms with Crippen LogP contribution < -0.4 is 4.74 Å². The Morgan fingerprint density at radius 1 is 1.03 bits per heavy atom. The van der Waals surface area contributed by atoms with Gasteiger partial charge in [-0.05, 0) is 29.3 Å². The minimum atomic E-state index is -0.716. The molecule has 2 aromatic carbocycles. The number of benzene rings is 2. The van der Waals surface area contributed by atoms with Gasteiger partial charge >= 0.3 is 12.0 Å². The molecule has 0 saturated carbocycles. The summed E-state index contributed by atoms with van der Waals surface area (Å²) in [6.07, 6.45) is -1.58. The molecule has 4 atom stereocenters. The maximum Gasteiger partial charge on any atom is 0.337 e. The highest BCUT2D eigenvalue weighted by molar-refractivity contribution is 6.33. The Kier molecular flexibility index (Phi) is 6.32. The number of aliphatic hydroxyl groups is 1. The molecule has 194 valence electrons. The number of aliphatic hydroxyl groups excluding tert-OH is 1. The van der Waals surface area contributed by atoms with Crippen LogP contribution in [0.2, 0.25) is 5.02 Å². The third-order valence-corrected chi connectivity index (χ3v) is 7.03. The smallest absolute Gasteiger partial charge is 0.337 e. The fraction of sp³-hybridized carbons (Fsp3) is 0.259. The molecule has 4 aromatic rings. The van der Waals surface area contributed by atoms with Gasteiger partial charge in [-0.25, -0.2) is 14.3 Å². The Morgan fingerprint density at radius 2 is 1.68 bits per heavy atom. The minimum Gasteiger partial charge on any atom is -0.465 e. The van der Waals surface area contributed by atoms with Crippen molar-refractivity contribution in [2.45, 2.75) is 24.4 Å². The van der Waals surface area contributed by atoms with Crippen molar-refractivity contribution in [2.75, 3.05) is 20.3 Å². The summed E-state index contributed by atoms with van der Waals surface area (Å²) in [5.41, 5.74) is 4.30. The predicted octanol–water partition coefficient (Wildman–Crippen LogP) is 3.15. The highest BCUT2D eigenvalue weighted by Crippen LogP contribution is 2.34. The van der Waals surface area contributed by atoms with Crippen LogP contribution in [0.1, 0.15) is 10.4 Å². The van der Waals surface area contributed by atoms with Crippen LogP contribution in [0.5, 0.6) is 6.01 Å². The number of carbonyl (C=O) groups is 2. The molecular formula is C27H22ClN3O7. The van der Waals surface area contributed by atoms with Crippen LogP contribution in [0.3, 0.4) is 0 Å². The number of halogens is 1. The van der Waals surface area contributed by atoms with E-state index < -0.39 is 24.4 Å². The van der Waals surface area contributed by atoms with Crippen molar-refractivity contribution in [3.05, 3.63) is 65.2 Å². The third kappa shape index (κ3) is 4.21. The van der Waals surface area contributed by atoms with Crippen LogP contribution in [0.15, 0.2) is 54.6 Å². The lowest BCUT2D eigenvalue weighted by Gasteiger charge is -2.16. The number of esters is 1. The van der Waals surface area contributed by atoms with E-state index in [0.29, 0.717) is 28.2 Å². The standard InChI is InChI=1S/C27H22ClN3O7/c1-35-26(34)17-8-4-15(5-9-17)14-2-6-16(7-3-14)22-18(28)10-19-25(29-22)30-27(31(19)13-32)38-21-12-37-23-20(33)11-36-24(21)23/h2-10,13,20-21,23-24,33H,11-12H2,1H3/t20-,21-,23-,24-/m1/s1. The Hall–Kier alpha value is -3.83. The highest BCUT2D eigenvalue weighted by atomic mass is 35.5. The van der Waals surface area contributed by atoms with Gasteiger partial charge in [0.1, 0.15) is 18.3 Å². The van der Waals surface area contributed by atoms with Gasteiger partial charge in [-0.3, -0.25) is 4.79 Å². The van der Waals surface area contributed by atoms with Crippen molar-refractivity contribution in [3.63, 3.8) is 0 Å². The lowest BCUT2D eigenvalue weighted by molar-refractivity contribution is 0.00670. The zero-order valence-electron chi connectivity index (χ0n) is 20.1. The van der Waals surface area contributed by atoms with Gasteiger partial charge in [-0.2, -0.15) is 4.98 Å². The number of imidazole rings is 1. The summed E-state index contributed by atoms with van der Waals surface area (Å²) < 4.78 is 23.1. The Labute approximate surface area is 221 Å². The van der Waals surface area contributed by atoms with E-state index in [2.05, 4.69) is 9.97 Å². The zero-order chi connectivity index (χ0) is 26.4. The first kappa shape index (κ1) is 24.5. The predicted molar refractivity (Wildman–Crippen MR) is 137 cm³/mol. The number of rotatable bonds is 6. The number of aromatic nitrogens is 3. The molecule has 11 heteroatoms. The maximum atomic E-state index is 11.9. The van der Waals surface area contributed by atoms with E-state index in [-0.39, 0.29) is 30.8 Å². The fourth-order valence-corrected chi connectivity index (χ4v) is 5.04. The first-order valence-electron chi connectivity index (χ1n) is 11.9. The van der Waals surface area contributed by atoms with Gasteiger partial charge in [0.15, 0.2) is 11.8 Å². The SMILES string of the molecule is COC(=O)c1ccc(-c2ccc(-c3nc4nc(O[C@@H]5CO[C@H]6[C@@H]5OC[C@H]6O)n(C=O)c4cc3Cl)cc2)cc1. The van der Waals surface area contributed by atoms with Gasteiger partial charge in [0.25, 0.3) is 0 Å². The molecule has 0 bridgehead atoms. The molecule has 2 aromatic heterocycles. The lowest BCUT2D eigenvalue weighted by Crippen LogP contribution is -2.35. The summed E-state index contributed by atoms with van der Waals surface area (Å²) in [4.78, 5) is 32.6. The summed E-state index contributed by atoms with van der Waals surface area (Å²) >= 11 is 6.58. The molecule has 2 aliphatic rings. The second-order valence-corrected chi connectivity index (χ2v) is 9.40. The van der Waals surface area contributed by atoms with Gasteiger partial charge in [-0.15, -0.1) is 0 Å². The Balaban J connectivity index is 1.27. The van der Waals surface area contributed by atoms with Gasteiger partial charge in [0.2, 0.25) is 6.41 Å². The average molecular weight is 536 g/mol.